The summed E-state index contributed by atoms with van der Waals surface area (Å²) >= 11 is 0. The second kappa shape index (κ2) is 7.21. The first kappa shape index (κ1) is 17.4. The van der Waals surface area contributed by atoms with Crippen LogP contribution in [0.15, 0.2) is 55.2 Å². The predicted molar refractivity (Wildman–Crippen MR) is 85.1 cm³/mol. The molecule has 0 radical (unpaired) electrons. The van der Waals surface area contributed by atoms with Crippen LogP contribution in [0, 0.1) is 0 Å². The number of alkyl halides is 3. The quantitative estimate of drug-likeness (QED) is 0.754. The van der Waals surface area contributed by atoms with E-state index in [1.807, 2.05) is 0 Å². The van der Waals surface area contributed by atoms with E-state index in [1.165, 1.54) is 24.4 Å². The Balaban J connectivity index is 1.66. The molecule has 0 spiro atoms. The molecule has 0 saturated heterocycles. The number of ether oxygens (including phenoxy) is 1. The van der Waals surface area contributed by atoms with Crippen LogP contribution in [0.25, 0.3) is 5.82 Å². The van der Waals surface area contributed by atoms with Gasteiger partial charge in [-0.25, -0.2) is 15.0 Å². The van der Waals surface area contributed by atoms with E-state index in [1.54, 1.807) is 35.4 Å². The number of carbonyl (C=O) groups excluding carboxylic acids is 1. The maximum atomic E-state index is 12.3. The minimum Gasteiger partial charge on any atom is -0.468 e. The van der Waals surface area contributed by atoms with E-state index < -0.39 is 18.7 Å². The number of pyridine rings is 2. The largest absolute Gasteiger partial charge is 0.468 e. The Morgan fingerprint density at radius 1 is 1.23 bits per heavy atom. The Hall–Kier alpha value is -3.43. The molecule has 0 saturated carbocycles. The Morgan fingerprint density at radius 3 is 2.73 bits per heavy atom. The van der Waals surface area contributed by atoms with Crippen molar-refractivity contribution in [3.8, 4) is 11.7 Å². The number of rotatable bonds is 5. The summed E-state index contributed by atoms with van der Waals surface area (Å²) in [5.41, 5.74) is 0.456. The monoisotopic (exact) mass is 363 g/mol. The summed E-state index contributed by atoms with van der Waals surface area (Å²) in [6.07, 6.45) is 1.58. The van der Waals surface area contributed by atoms with Gasteiger partial charge in [0.15, 0.2) is 6.61 Å². The number of anilines is 1. The van der Waals surface area contributed by atoms with Gasteiger partial charge in [-0.3, -0.25) is 9.36 Å². The fraction of sp³-hybridized carbons (Fsp3) is 0.125. The molecule has 1 amide bonds. The maximum absolute atomic E-state index is 12.3. The third-order valence-corrected chi connectivity index (χ3v) is 3.11. The van der Waals surface area contributed by atoms with E-state index in [0.717, 1.165) is 0 Å². The summed E-state index contributed by atoms with van der Waals surface area (Å²) in [5.74, 6) is -0.164. The zero-order valence-corrected chi connectivity index (χ0v) is 13.1. The zero-order chi connectivity index (χ0) is 18.6. The number of imidazole rings is 1. The van der Waals surface area contributed by atoms with Crippen molar-refractivity contribution < 1.29 is 22.7 Å². The van der Waals surface area contributed by atoms with Gasteiger partial charge in [-0.1, -0.05) is 6.07 Å². The molecule has 1 N–H and O–H groups in total. The van der Waals surface area contributed by atoms with Gasteiger partial charge in [0.2, 0.25) is 5.88 Å². The molecule has 0 atom stereocenters. The van der Waals surface area contributed by atoms with E-state index in [-0.39, 0.29) is 11.6 Å². The highest BCUT2D eigenvalue weighted by Gasteiger charge is 2.28. The van der Waals surface area contributed by atoms with Crippen LogP contribution in [0.3, 0.4) is 0 Å². The van der Waals surface area contributed by atoms with Crippen LogP contribution in [-0.2, 0) is 0 Å². The molecule has 3 rings (SSSR count). The number of nitrogens with one attached hydrogen (secondary N) is 1. The van der Waals surface area contributed by atoms with Crippen LogP contribution in [0.1, 0.15) is 10.5 Å². The maximum Gasteiger partial charge on any atom is 0.422 e. The highest BCUT2D eigenvalue weighted by atomic mass is 19.4. The third kappa shape index (κ3) is 4.56. The third-order valence-electron chi connectivity index (χ3n) is 3.11. The molecule has 0 aromatic carbocycles. The van der Waals surface area contributed by atoms with Gasteiger partial charge in [0.05, 0.1) is 11.9 Å². The van der Waals surface area contributed by atoms with Crippen molar-refractivity contribution in [2.45, 2.75) is 6.18 Å². The first-order valence-electron chi connectivity index (χ1n) is 7.33. The van der Waals surface area contributed by atoms with Gasteiger partial charge in [-0.2, -0.15) is 13.2 Å². The summed E-state index contributed by atoms with van der Waals surface area (Å²) in [7, 11) is 0. The number of aromatic nitrogens is 4. The van der Waals surface area contributed by atoms with E-state index in [9.17, 15) is 18.0 Å². The molecular weight excluding hydrogens is 351 g/mol. The summed E-state index contributed by atoms with van der Waals surface area (Å²) in [6.45, 7) is -1.43. The molecule has 0 aliphatic rings. The first-order chi connectivity index (χ1) is 12.4. The van der Waals surface area contributed by atoms with E-state index in [2.05, 4.69) is 25.0 Å². The highest BCUT2D eigenvalue weighted by molar-refractivity contribution is 6.02. The van der Waals surface area contributed by atoms with Crippen LogP contribution in [0.4, 0.5) is 18.9 Å². The Morgan fingerprint density at radius 2 is 2.08 bits per heavy atom. The van der Waals surface area contributed by atoms with Crippen molar-refractivity contribution in [1.29, 1.82) is 0 Å². The van der Waals surface area contributed by atoms with Gasteiger partial charge >= 0.3 is 6.18 Å². The van der Waals surface area contributed by atoms with Gasteiger partial charge in [-0.15, -0.1) is 0 Å². The predicted octanol–water partition coefficient (Wildman–Crippen LogP) is 2.86. The summed E-state index contributed by atoms with van der Waals surface area (Å²) < 4.78 is 42.4. The van der Waals surface area contributed by atoms with E-state index in [4.69, 9.17) is 0 Å². The lowest BCUT2D eigenvalue weighted by molar-refractivity contribution is -0.154. The average molecular weight is 363 g/mol. The number of hydrogen-bond acceptors (Lipinski definition) is 5. The molecular formula is C16H12F3N5O2. The fourth-order valence-electron chi connectivity index (χ4n) is 1.98. The number of carbonyl (C=O) groups is 1. The molecule has 3 aromatic rings. The molecule has 0 aliphatic carbocycles. The molecule has 26 heavy (non-hydrogen) atoms. The average Bonchev–Trinajstić information content (AvgIpc) is 3.15. The van der Waals surface area contributed by atoms with Gasteiger partial charge in [0.25, 0.3) is 5.91 Å². The van der Waals surface area contributed by atoms with Crippen LogP contribution < -0.4 is 10.1 Å². The lowest BCUT2D eigenvalue weighted by Gasteiger charge is -2.09. The van der Waals surface area contributed by atoms with E-state index in [0.29, 0.717) is 11.5 Å². The standard InChI is InChI=1S/C16H12F3N5O2/c17-16(18,19)9-26-14-5-4-11(8-21-14)22-15(25)12-2-1-3-13(23-12)24-7-6-20-10-24/h1-8,10H,9H2,(H,22,25). The molecule has 0 unspecified atom stereocenters. The Labute approximate surface area is 145 Å². The lowest BCUT2D eigenvalue weighted by atomic mass is 10.3. The number of halogens is 3. The molecule has 7 nitrogen and oxygen atoms in total. The highest BCUT2D eigenvalue weighted by Crippen LogP contribution is 2.18. The first-order valence-corrected chi connectivity index (χ1v) is 7.33. The minimum absolute atomic E-state index is 0.161. The fourth-order valence-corrected chi connectivity index (χ4v) is 1.98. The summed E-state index contributed by atoms with van der Waals surface area (Å²) in [6, 6.07) is 7.54. The molecule has 10 heteroatoms. The van der Waals surface area contributed by atoms with Gasteiger partial charge in [0.1, 0.15) is 17.8 Å². The topological polar surface area (TPSA) is 81.9 Å². The molecule has 3 aromatic heterocycles. The van der Waals surface area contributed by atoms with Crippen molar-refractivity contribution in [3.63, 3.8) is 0 Å². The number of nitrogens with zero attached hydrogens (tertiary/aromatic N) is 4. The Bertz CT molecular complexity index is 880. The summed E-state index contributed by atoms with van der Waals surface area (Å²) in [4.78, 5) is 24.1. The van der Waals surface area contributed by atoms with Crippen LogP contribution in [0.5, 0.6) is 5.88 Å². The van der Waals surface area contributed by atoms with Crippen LogP contribution >= 0.6 is 0 Å². The van der Waals surface area contributed by atoms with Crippen molar-refractivity contribution in [3.05, 3.63) is 60.9 Å². The van der Waals surface area contributed by atoms with Crippen molar-refractivity contribution in [1.82, 2.24) is 19.5 Å². The van der Waals surface area contributed by atoms with Gasteiger partial charge < -0.3 is 10.1 Å². The number of hydrogen-bond donors (Lipinski definition) is 1. The number of amides is 1. The molecule has 134 valence electrons. The zero-order valence-electron chi connectivity index (χ0n) is 13.1. The van der Waals surface area contributed by atoms with Crippen molar-refractivity contribution in [2.24, 2.45) is 0 Å². The minimum atomic E-state index is -4.44. The normalized spacial score (nSPS) is 11.2. The molecule has 3 heterocycles. The molecule has 0 bridgehead atoms. The van der Waals surface area contributed by atoms with Crippen molar-refractivity contribution in [2.75, 3.05) is 11.9 Å². The van der Waals surface area contributed by atoms with Gasteiger partial charge in [0, 0.05) is 18.5 Å². The Kier molecular flexibility index (Phi) is 4.83. The smallest absolute Gasteiger partial charge is 0.422 e. The van der Waals surface area contributed by atoms with Crippen LogP contribution in [0.2, 0.25) is 0 Å². The second-order valence-corrected chi connectivity index (χ2v) is 5.09. The molecule has 0 aliphatic heterocycles. The van der Waals surface area contributed by atoms with E-state index >= 15 is 0 Å². The second-order valence-electron chi connectivity index (χ2n) is 5.09. The van der Waals surface area contributed by atoms with Crippen LogP contribution in [-0.4, -0.2) is 38.2 Å². The summed E-state index contributed by atoms with van der Waals surface area (Å²) in [5, 5.41) is 2.56. The lowest BCUT2D eigenvalue weighted by Crippen LogP contribution is -2.19. The molecule has 0 fully saturated rings. The van der Waals surface area contributed by atoms with Crippen molar-refractivity contribution >= 4 is 11.6 Å². The van der Waals surface area contributed by atoms with Gasteiger partial charge in [-0.05, 0) is 18.2 Å². The SMILES string of the molecule is O=C(Nc1ccc(OCC(F)(F)F)nc1)c1cccc(-n2ccnc2)n1.